The van der Waals surface area contributed by atoms with Gasteiger partial charge in [0.2, 0.25) is 17.8 Å². The number of benzene rings is 2. The number of methoxy groups -OCH3 is 2. The van der Waals surface area contributed by atoms with Crippen LogP contribution in [0.5, 0.6) is 5.75 Å². The minimum absolute atomic E-state index is 0.0738. The molecule has 0 aliphatic heterocycles. The normalized spacial score (nSPS) is 10.7. The number of anilines is 2. The van der Waals surface area contributed by atoms with Crippen LogP contribution in [0.1, 0.15) is 29.3 Å². The number of ether oxygens (including phenoxy) is 2. The van der Waals surface area contributed by atoms with E-state index in [0.717, 1.165) is 11.1 Å². The standard InChI is InChI=1S/C28H30Cl2N4O4/c1-5-18-16-23(38-4)27(30)21(26(18)29)17-25(36)34(13-14-37-3)28-31-12-11-20(32-28)15-19-9-7-8-10-22(19)33-24(35)6-2/h6-12,16H,2,5,13-15,17H2,1,3-4H3,(H,33,35). The summed E-state index contributed by atoms with van der Waals surface area (Å²) in [6, 6.07) is 11.0. The highest BCUT2D eigenvalue weighted by Crippen LogP contribution is 2.37. The van der Waals surface area contributed by atoms with E-state index in [1.165, 1.54) is 18.1 Å². The predicted molar refractivity (Wildman–Crippen MR) is 150 cm³/mol. The average Bonchev–Trinajstić information content (AvgIpc) is 2.92. The third kappa shape index (κ3) is 7.10. The van der Waals surface area contributed by atoms with Crippen LogP contribution >= 0.6 is 23.2 Å². The summed E-state index contributed by atoms with van der Waals surface area (Å²) in [7, 11) is 3.07. The Bertz CT molecular complexity index is 1290. The molecule has 38 heavy (non-hydrogen) atoms. The molecule has 0 fully saturated rings. The van der Waals surface area contributed by atoms with Crippen LogP contribution in [0.2, 0.25) is 10.0 Å². The van der Waals surface area contributed by atoms with E-state index >= 15 is 0 Å². The van der Waals surface area contributed by atoms with E-state index < -0.39 is 0 Å². The summed E-state index contributed by atoms with van der Waals surface area (Å²) >= 11 is 13.2. The van der Waals surface area contributed by atoms with Gasteiger partial charge < -0.3 is 14.8 Å². The average molecular weight is 557 g/mol. The third-order valence-electron chi connectivity index (χ3n) is 5.86. The molecule has 2 aromatic carbocycles. The summed E-state index contributed by atoms with van der Waals surface area (Å²) in [6.45, 7) is 5.96. The second-order valence-corrected chi connectivity index (χ2v) is 9.04. The summed E-state index contributed by atoms with van der Waals surface area (Å²) in [4.78, 5) is 35.9. The number of hydrogen-bond donors (Lipinski definition) is 1. The fraction of sp³-hybridized carbons (Fsp3) is 0.286. The summed E-state index contributed by atoms with van der Waals surface area (Å²) < 4.78 is 10.6. The van der Waals surface area contributed by atoms with Crippen molar-refractivity contribution in [3.05, 3.63) is 87.7 Å². The number of hydrogen-bond acceptors (Lipinski definition) is 6. The molecule has 3 rings (SSSR count). The Labute approximate surface area is 232 Å². The van der Waals surface area contributed by atoms with Gasteiger partial charge >= 0.3 is 0 Å². The highest BCUT2D eigenvalue weighted by atomic mass is 35.5. The number of amides is 2. The lowest BCUT2D eigenvalue weighted by atomic mass is 10.0. The first-order chi connectivity index (χ1) is 18.3. The molecule has 1 aromatic heterocycles. The number of para-hydroxylation sites is 1. The molecule has 1 N–H and O–H groups in total. The number of rotatable bonds is 12. The molecule has 10 heteroatoms. The molecule has 0 saturated heterocycles. The molecule has 200 valence electrons. The Balaban J connectivity index is 1.92. The predicted octanol–water partition coefficient (Wildman–Crippen LogP) is 5.29. The van der Waals surface area contributed by atoms with Crippen LogP contribution in [0.15, 0.2) is 55.3 Å². The van der Waals surface area contributed by atoms with Gasteiger partial charge in [-0.1, -0.05) is 54.9 Å². The molecule has 0 spiro atoms. The largest absolute Gasteiger partial charge is 0.495 e. The Morgan fingerprint density at radius 2 is 1.89 bits per heavy atom. The fourth-order valence-electron chi connectivity index (χ4n) is 3.84. The summed E-state index contributed by atoms with van der Waals surface area (Å²) in [5.74, 6) is 0.0813. The molecule has 0 unspecified atom stereocenters. The highest BCUT2D eigenvalue weighted by Gasteiger charge is 2.24. The van der Waals surface area contributed by atoms with Gasteiger partial charge in [0.1, 0.15) is 5.75 Å². The molecule has 1 heterocycles. The maximum absolute atomic E-state index is 13.6. The van der Waals surface area contributed by atoms with Crippen molar-refractivity contribution in [2.24, 2.45) is 0 Å². The smallest absolute Gasteiger partial charge is 0.247 e. The van der Waals surface area contributed by atoms with Crippen molar-refractivity contribution in [1.82, 2.24) is 9.97 Å². The Kier molecular flexibility index (Phi) is 10.6. The van der Waals surface area contributed by atoms with Crippen molar-refractivity contribution in [2.75, 3.05) is 37.6 Å². The Morgan fingerprint density at radius 1 is 1.13 bits per heavy atom. The molecule has 0 bridgehead atoms. The van der Waals surface area contributed by atoms with Gasteiger partial charge in [0, 0.05) is 36.0 Å². The summed E-state index contributed by atoms with van der Waals surface area (Å²) in [5.41, 5.74) is 3.49. The van der Waals surface area contributed by atoms with Gasteiger partial charge in [-0.15, -0.1) is 0 Å². The molecule has 3 aromatic rings. The second-order valence-electron chi connectivity index (χ2n) is 8.29. The van der Waals surface area contributed by atoms with Crippen LogP contribution < -0.4 is 15.0 Å². The van der Waals surface area contributed by atoms with Crippen LogP contribution in [0.25, 0.3) is 0 Å². The SMILES string of the molecule is C=CC(=O)Nc1ccccc1Cc1ccnc(N(CCOC)C(=O)Cc2c(Cl)c(CC)cc(OC)c2Cl)n1. The molecule has 0 radical (unpaired) electrons. The minimum Gasteiger partial charge on any atom is -0.495 e. The maximum Gasteiger partial charge on any atom is 0.247 e. The van der Waals surface area contributed by atoms with Crippen LogP contribution in [0, 0.1) is 0 Å². The minimum atomic E-state index is -0.307. The van der Waals surface area contributed by atoms with Gasteiger partial charge in [0.05, 0.1) is 37.4 Å². The highest BCUT2D eigenvalue weighted by molar-refractivity contribution is 6.37. The van der Waals surface area contributed by atoms with Gasteiger partial charge in [-0.05, 0) is 41.8 Å². The molecule has 0 aliphatic carbocycles. The lowest BCUT2D eigenvalue weighted by molar-refractivity contribution is -0.118. The number of carbonyl (C=O) groups is 2. The number of halogens is 2. The quantitative estimate of drug-likeness (QED) is 0.304. The molecule has 0 aliphatic rings. The van der Waals surface area contributed by atoms with E-state index in [-0.39, 0.29) is 37.3 Å². The van der Waals surface area contributed by atoms with E-state index in [9.17, 15) is 9.59 Å². The first-order valence-corrected chi connectivity index (χ1v) is 12.7. The molecular formula is C28H30Cl2N4O4. The number of nitrogens with one attached hydrogen (secondary N) is 1. The molecule has 8 nitrogen and oxygen atoms in total. The fourth-order valence-corrected chi connectivity index (χ4v) is 4.53. The van der Waals surface area contributed by atoms with E-state index in [2.05, 4.69) is 21.9 Å². The number of nitrogens with zero attached hydrogens (tertiary/aromatic N) is 3. The Hall–Kier alpha value is -3.46. The van der Waals surface area contributed by atoms with Gasteiger partial charge in [-0.2, -0.15) is 0 Å². The third-order valence-corrected chi connectivity index (χ3v) is 6.74. The van der Waals surface area contributed by atoms with Crippen LogP contribution in [-0.4, -0.2) is 49.2 Å². The zero-order valence-corrected chi connectivity index (χ0v) is 23.1. The van der Waals surface area contributed by atoms with Crippen molar-refractivity contribution >= 4 is 46.7 Å². The molecule has 2 amide bonds. The molecule has 0 atom stereocenters. The van der Waals surface area contributed by atoms with Crippen molar-refractivity contribution in [3.63, 3.8) is 0 Å². The van der Waals surface area contributed by atoms with E-state index in [0.29, 0.717) is 45.6 Å². The van der Waals surface area contributed by atoms with Gasteiger partial charge in [0.25, 0.3) is 0 Å². The topological polar surface area (TPSA) is 93.7 Å². The zero-order chi connectivity index (χ0) is 27.7. The zero-order valence-electron chi connectivity index (χ0n) is 21.6. The van der Waals surface area contributed by atoms with Crippen molar-refractivity contribution in [3.8, 4) is 5.75 Å². The summed E-state index contributed by atoms with van der Waals surface area (Å²) in [5, 5.41) is 3.53. The number of aromatic nitrogens is 2. The van der Waals surface area contributed by atoms with Crippen LogP contribution in [0.4, 0.5) is 11.6 Å². The lowest BCUT2D eigenvalue weighted by Crippen LogP contribution is -2.36. The van der Waals surface area contributed by atoms with Gasteiger partial charge in [-0.25, -0.2) is 9.97 Å². The summed E-state index contributed by atoms with van der Waals surface area (Å²) in [6.07, 6.45) is 3.79. The van der Waals surface area contributed by atoms with E-state index in [1.54, 1.807) is 31.5 Å². The van der Waals surface area contributed by atoms with Gasteiger partial charge in [0.15, 0.2) is 0 Å². The van der Waals surface area contributed by atoms with Crippen LogP contribution in [0.3, 0.4) is 0 Å². The molecule has 0 saturated carbocycles. The van der Waals surface area contributed by atoms with E-state index in [4.69, 9.17) is 32.7 Å². The lowest BCUT2D eigenvalue weighted by Gasteiger charge is -2.22. The Morgan fingerprint density at radius 3 is 2.58 bits per heavy atom. The number of aryl methyl sites for hydroxylation is 1. The molecular weight excluding hydrogens is 527 g/mol. The maximum atomic E-state index is 13.6. The number of carbonyl (C=O) groups excluding carboxylic acids is 2. The second kappa shape index (κ2) is 13.9. The van der Waals surface area contributed by atoms with E-state index in [1.807, 2.05) is 25.1 Å². The van der Waals surface area contributed by atoms with Crippen LogP contribution in [-0.2, 0) is 33.6 Å². The van der Waals surface area contributed by atoms with Crippen molar-refractivity contribution in [2.45, 2.75) is 26.2 Å². The van der Waals surface area contributed by atoms with Gasteiger partial charge in [-0.3, -0.25) is 14.5 Å². The monoisotopic (exact) mass is 556 g/mol. The van der Waals surface area contributed by atoms with Crippen molar-refractivity contribution in [1.29, 1.82) is 0 Å². The van der Waals surface area contributed by atoms with Crippen molar-refractivity contribution < 1.29 is 19.1 Å². The first-order valence-electron chi connectivity index (χ1n) is 12.0. The first kappa shape index (κ1) is 29.1.